The van der Waals surface area contributed by atoms with E-state index in [0.29, 0.717) is 11.3 Å². The summed E-state index contributed by atoms with van der Waals surface area (Å²) in [6.45, 7) is 3.88. The van der Waals surface area contributed by atoms with Crippen LogP contribution >= 0.6 is 0 Å². The van der Waals surface area contributed by atoms with Crippen molar-refractivity contribution in [2.24, 2.45) is 0 Å². The van der Waals surface area contributed by atoms with E-state index in [9.17, 15) is 62.3 Å². The van der Waals surface area contributed by atoms with Crippen LogP contribution in [-0.2, 0) is 6.54 Å². The summed E-state index contributed by atoms with van der Waals surface area (Å²) >= 11 is 0. The first-order valence-electron chi connectivity index (χ1n) is 19.2. The SMILES string of the molecule is Cc1cccc(OC(=O)c2cncc[n+]2CC(=O)c2ccccc2)c1C.Fc1c(F)c(F)c([B-](c2c(F)c(F)c(F)c(F)c2F)(c2c(F)c(F)c(F)c(F)c2F)c2c(F)c(F)c(F)c(F)c2F)c(F)c1F. The fraction of sp³-hybridized carbons (Fsp3) is 0.0667. The molecule has 0 aliphatic heterocycles. The highest BCUT2D eigenvalue weighted by molar-refractivity contribution is 7.20. The Labute approximate surface area is 383 Å². The number of esters is 1. The van der Waals surface area contributed by atoms with E-state index in [1.54, 1.807) is 41.1 Å². The van der Waals surface area contributed by atoms with Crippen LogP contribution in [0.25, 0.3) is 0 Å². The maximum absolute atomic E-state index is 15.4. The van der Waals surface area contributed by atoms with Crippen molar-refractivity contribution >= 4 is 39.7 Å². The van der Waals surface area contributed by atoms with Gasteiger partial charge in [-0.25, -0.2) is 92.6 Å². The number of ether oxygens (including phenoxy) is 1. The van der Waals surface area contributed by atoms with Crippen LogP contribution in [0.15, 0.2) is 67.1 Å². The minimum atomic E-state index is -7.22. The first-order valence-corrected chi connectivity index (χ1v) is 19.2. The average molecular weight is 1030 g/mol. The fourth-order valence-electron chi connectivity index (χ4n) is 7.43. The van der Waals surface area contributed by atoms with Crippen LogP contribution in [0, 0.1) is 130 Å². The Bertz CT molecular complexity index is 2960. The molecule has 71 heavy (non-hydrogen) atoms. The van der Waals surface area contributed by atoms with Gasteiger partial charge in [-0.3, -0.25) is 9.78 Å². The predicted octanol–water partition coefficient (Wildman–Crippen LogP) is 8.93. The van der Waals surface area contributed by atoms with Gasteiger partial charge < -0.3 is 4.74 Å². The number of carbonyl (C=O) groups excluding carboxylic acids is 2. The highest BCUT2D eigenvalue weighted by Crippen LogP contribution is 2.31. The van der Waals surface area contributed by atoms with Crippen molar-refractivity contribution in [2.45, 2.75) is 20.4 Å². The number of halogens is 20. The van der Waals surface area contributed by atoms with Crippen LogP contribution < -0.4 is 31.2 Å². The van der Waals surface area contributed by atoms with Gasteiger partial charge in [0.15, 0.2) is 76.0 Å². The second-order valence-electron chi connectivity index (χ2n) is 14.8. The van der Waals surface area contributed by atoms with Crippen LogP contribution in [0.5, 0.6) is 5.75 Å². The molecule has 0 saturated heterocycles. The quantitative estimate of drug-likeness (QED) is 0.0212. The molecule has 7 rings (SSSR count). The van der Waals surface area contributed by atoms with E-state index in [4.69, 9.17) is 4.74 Å². The largest absolute Gasteiger partial charge is 0.418 e. The molecule has 0 saturated carbocycles. The molecule has 6 aromatic carbocycles. The van der Waals surface area contributed by atoms with Crippen LogP contribution in [-0.4, -0.2) is 22.9 Å². The Morgan fingerprint density at radius 3 is 1.15 bits per heavy atom. The maximum atomic E-state index is 15.4. The van der Waals surface area contributed by atoms with Crippen molar-refractivity contribution in [3.05, 3.63) is 206 Å². The molecule has 0 unspecified atom stereocenters. The smallest absolute Gasteiger partial charge is 0.410 e. The Morgan fingerprint density at radius 2 is 0.803 bits per heavy atom. The van der Waals surface area contributed by atoms with Crippen molar-refractivity contribution in [2.75, 3.05) is 0 Å². The summed E-state index contributed by atoms with van der Waals surface area (Å²) in [6, 6.07) is 14.5. The third-order valence-corrected chi connectivity index (χ3v) is 10.9. The molecule has 0 fully saturated rings. The molecule has 0 bridgehead atoms. The molecular formula is C45H19BF20N2O3. The summed E-state index contributed by atoms with van der Waals surface area (Å²) in [5.41, 5.74) is -11.6. The van der Waals surface area contributed by atoms with Gasteiger partial charge in [-0.2, -0.15) is 4.57 Å². The number of Topliss-reactive ketones (excluding diaryl/α,β-unsaturated/α-hetero) is 1. The molecule has 0 spiro atoms. The van der Waals surface area contributed by atoms with Gasteiger partial charge in [0.25, 0.3) is 0 Å². The lowest BCUT2D eigenvalue weighted by Crippen LogP contribution is -2.81. The van der Waals surface area contributed by atoms with Crippen molar-refractivity contribution in [3.8, 4) is 5.75 Å². The van der Waals surface area contributed by atoms with Gasteiger partial charge in [0.1, 0.15) is 64.6 Å². The Morgan fingerprint density at radius 1 is 0.465 bits per heavy atom. The van der Waals surface area contributed by atoms with E-state index in [2.05, 4.69) is 4.98 Å². The number of carbonyl (C=O) groups is 2. The molecule has 0 aliphatic rings. The topological polar surface area (TPSA) is 60.1 Å². The molecule has 7 aromatic rings. The van der Waals surface area contributed by atoms with E-state index < -0.39 is 150 Å². The zero-order valence-electron chi connectivity index (χ0n) is 34.8. The third-order valence-electron chi connectivity index (χ3n) is 10.9. The molecule has 26 heteroatoms. The van der Waals surface area contributed by atoms with Gasteiger partial charge >= 0.3 is 11.7 Å². The average Bonchev–Trinajstić information content (AvgIpc) is 3.35. The van der Waals surface area contributed by atoms with Crippen molar-refractivity contribution in [1.29, 1.82) is 0 Å². The van der Waals surface area contributed by atoms with Crippen molar-refractivity contribution in [1.82, 2.24) is 4.98 Å². The minimum absolute atomic E-state index is 0.0315. The number of benzene rings is 6. The van der Waals surface area contributed by atoms with Gasteiger partial charge in [-0.1, -0.05) is 42.5 Å². The summed E-state index contributed by atoms with van der Waals surface area (Å²) in [7, 11) is 0. The summed E-state index contributed by atoms with van der Waals surface area (Å²) in [4.78, 5) is 29.1. The lowest BCUT2D eigenvalue weighted by atomic mass is 9.12. The molecule has 1 heterocycles. The number of ketones is 1. The molecule has 0 atom stereocenters. The minimum Gasteiger partial charge on any atom is -0.418 e. The van der Waals surface area contributed by atoms with Crippen LogP contribution in [0.3, 0.4) is 0 Å². The third kappa shape index (κ3) is 8.68. The van der Waals surface area contributed by atoms with Gasteiger partial charge in [0.2, 0.25) is 12.3 Å². The van der Waals surface area contributed by atoms with E-state index in [0.717, 1.165) is 11.1 Å². The van der Waals surface area contributed by atoms with Gasteiger partial charge in [0, 0.05) is 5.56 Å². The van der Waals surface area contributed by atoms with Gasteiger partial charge in [0.05, 0.1) is 6.20 Å². The number of aromatic nitrogens is 2. The summed E-state index contributed by atoms with van der Waals surface area (Å²) < 4.78 is 301. The number of nitrogens with zero attached hydrogens (tertiary/aromatic N) is 2. The highest BCUT2D eigenvalue weighted by atomic mass is 19.2. The van der Waals surface area contributed by atoms with Crippen LogP contribution in [0.4, 0.5) is 87.8 Å². The number of hydrogen-bond donors (Lipinski definition) is 0. The summed E-state index contributed by atoms with van der Waals surface area (Å²) in [5, 5.41) is 0. The molecule has 0 aliphatic carbocycles. The second-order valence-corrected chi connectivity index (χ2v) is 14.8. The molecule has 370 valence electrons. The molecule has 0 amide bonds. The predicted molar refractivity (Wildman–Crippen MR) is 205 cm³/mol. The number of hydrogen-bond acceptors (Lipinski definition) is 4. The van der Waals surface area contributed by atoms with Crippen molar-refractivity contribution in [3.63, 3.8) is 0 Å². The zero-order valence-corrected chi connectivity index (χ0v) is 34.8. The molecule has 1 aromatic heterocycles. The second kappa shape index (κ2) is 19.9. The molecular weight excluding hydrogens is 1010 g/mol. The standard InChI is InChI=1S/C24BF20.C21H19N2O3/c26-5-1(6(27)14(35)21(42)13(5)34)25(2-7(28)15(36)22(43)16(37)8(2)29,3-9(30)17(38)23(44)18(39)10(3)31)4-11(32)19(40)24(45)20(41)12(4)33;1-15-7-6-10-20(16(15)2)26-21(25)18-13-22-11-12-23(18)14-19(24)17-8-4-3-5-9-17/h;3-13H,14H2,1-2H3/q-1;+1. The lowest BCUT2D eigenvalue weighted by molar-refractivity contribution is -0.686. The van der Waals surface area contributed by atoms with Crippen LogP contribution in [0.2, 0.25) is 0 Å². The maximum Gasteiger partial charge on any atom is 0.410 e. The van der Waals surface area contributed by atoms with Crippen LogP contribution in [0.1, 0.15) is 32.0 Å². The molecule has 5 nitrogen and oxygen atoms in total. The highest BCUT2D eigenvalue weighted by Gasteiger charge is 2.52. The van der Waals surface area contributed by atoms with Gasteiger partial charge in [-0.15, -0.1) is 21.9 Å². The number of rotatable bonds is 9. The molecule has 0 radical (unpaired) electrons. The molecule has 0 N–H and O–H groups in total. The van der Waals surface area contributed by atoms with E-state index in [1.807, 2.05) is 32.0 Å². The Kier molecular flexibility index (Phi) is 14.7. The first kappa shape index (κ1) is 52.6. The first-order chi connectivity index (χ1) is 33.3. The van der Waals surface area contributed by atoms with Gasteiger partial charge in [-0.05, 0) is 31.0 Å². The van der Waals surface area contributed by atoms with E-state index >= 15 is 35.1 Å². The van der Waals surface area contributed by atoms with E-state index in [-0.39, 0.29) is 18.0 Å². The fourth-order valence-corrected chi connectivity index (χ4v) is 7.43. The Balaban J connectivity index is 0.000000268. The number of aryl methyl sites for hydroxylation is 1. The van der Waals surface area contributed by atoms with E-state index in [1.165, 1.54) is 12.4 Å². The summed E-state index contributed by atoms with van der Waals surface area (Å²) in [6.07, 6.45) is -2.68. The lowest BCUT2D eigenvalue weighted by Gasteiger charge is -2.44. The normalized spacial score (nSPS) is 11.4. The zero-order chi connectivity index (χ0) is 52.9. The Hall–Kier alpha value is -7.80. The van der Waals surface area contributed by atoms with Crippen molar-refractivity contribution < 1.29 is 107 Å². The monoisotopic (exact) mass is 1030 g/mol. The summed E-state index contributed by atoms with van der Waals surface area (Å²) in [5.74, 6) is -71.5.